The van der Waals surface area contributed by atoms with E-state index in [-0.39, 0.29) is 0 Å². The number of aromatic nitrogens is 1. The molecule has 1 aromatic carbocycles. The maximum atomic E-state index is 10.3. The van der Waals surface area contributed by atoms with E-state index in [1.54, 1.807) is 6.20 Å². The highest BCUT2D eigenvalue weighted by Gasteiger charge is 2.22. The van der Waals surface area contributed by atoms with E-state index in [4.69, 9.17) is 0 Å². The van der Waals surface area contributed by atoms with Gasteiger partial charge in [0.15, 0.2) is 0 Å². The molecule has 2 nitrogen and oxygen atoms in total. The van der Waals surface area contributed by atoms with Crippen molar-refractivity contribution in [3.63, 3.8) is 0 Å². The molecule has 15 heavy (non-hydrogen) atoms. The maximum Gasteiger partial charge on any atom is 0.0872 e. The highest BCUT2D eigenvalue weighted by atomic mass is 16.3. The Labute approximate surface area is 89.6 Å². The average molecular weight is 201 g/mol. The second-order valence-electron chi connectivity index (χ2n) is 4.00. The van der Waals surface area contributed by atoms with Crippen molar-refractivity contribution in [1.29, 1.82) is 0 Å². The second kappa shape index (κ2) is 3.63. The molecule has 0 saturated heterocycles. The van der Waals surface area contributed by atoms with Gasteiger partial charge in [-0.1, -0.05) is 25.1 Å². The molecule has 0 fully saturated rings. The van der Waals surface area contributed by atoms with E-state index in [0.717, 1.165) is 16.5 Å². The smallest absolute Gasteiger partial charge is 0.0872 e. The van der Waals surface area contributed by atoms with Crippen molar-refractivity contribution in [2.45, 2.75) is 25.9 Å². The third-order valence-electron chi connectivity index (χ3n) is 2.91. The lowest BCUT2D eigenvalue weighted by Crippen LogP contribution is -2.19. The van der Waals surface area contributed by atoms with Crippen molar-refractivity contribution in [2.75, 3.05) is 0 Å². The van der Waals surface area contributed by atoms with Crippen molar-refractivity contribution in [1.82, 2.24) is 4.98 Å². The zero-order valence-corrected chi connectivity index (χ0v) is 9.07. The lowest BCUT2D eigenvalue weighted by Gasteiger charge is -2.23. The summed E-state index contributed by atoms with van der Waals surface area (Å²) in [5, 5.41) is 11.3. The summed E-state index contributed by atoms with van der Waals surface area (Å²) in [7, 11) is 0. The Balaban J connectivity index is 2.71. The van der Waals surface area contributed by atoms with Gasteiger partial charge in [0.25, 0.3) is 0 Å². The van der Waals surface area contributed by atoms with Crippen LogP contribution in [0.25, 0.3) is 10.9 Å². The van der Waals surface area contributed by atoms with Crippen LogP contribution in [0.2, 0.25) is 0 Å². The van der Waals surface area contributed by atoms with Gasteiger partial charge in [0, 0.05) is 11.6 Å². The van der Waals surface area contributed by atoms with Crippen LogP contribution in [0.5, 0.6) is 0 Å². The summed E-state index contributed by atoms with van der Waals surface area (Å²) in [6.45, 7) is 3.82. The van der Waals surface area contributed by atoms with Crippen LogP contribution in [0.1, 0.15) is 25.8 Å². The van der Waals surface area contributed by atoms with Gasteiger partial charge in [-0.3, -0.25) is 4.98 Å². The zero-order valence-electron chi connectivity index (χ0n) is 9.07. The summed E-state index contributed by atoms with van der Waals surface area (Å²) in [6, 6.07) is 9.77. The lowest BCUT2D eigenvalue weighted by atomic mass is 9.90. The highest BCUT2D eigenvalue weighted by Crippen LogP contribution is 2.29. The van der Waals surface area contributed by atoms with Crippen molar-refractivity contribution in [2.24, 2.45) is 0 Å². The van der Waals surface area contributed by atoms with E-state index in [1.807, 2.05) is 44.2 Å². The standard InChI is InChI=1S/C13H15NO/c1-3-13(2,15)11-7-4-8-12-10(11)6-5-9-14-12/h4-9,15H,3H2,1-2H3. The predicted molar refractivity (Wildman–Crippen MR) is 61.6 cm³/mol. The first-order valence-electron chi connectivity index (χ1n) is 5.22. The molecule has 1 atom stereocenters. The minimum absolute atomic E-state index is 0.695. The Hall–Kier alpha value is -1.41. The molecule has 1 aromatic heterocycles. The first-order valence-corrected chi connectivity index (χ1v) is 5.22. The van der Waals surface area contributed by atoms with Crippen LogP contribution >= 0.6 is 0 Å². The quantitative estimate of drug-likeness (QED) is 0.810. The minimum Gasteiger partial charge on any atom is -0.385 e. The molecule has 2 heteroatoms. The SMILES string of the molecule is CCC(C)(O)c1cccc2ncccc12. The molecule has 1 heterocycles. The maximum absolute atomic E-state index is 10.3. The second-order valence-corrected chi connectivity index (χ2v) is 4.00. The van der Waals surface area contributed by atoms with Gasteiger partial charge in [-0.05, 0) is 31.0 Å². The Morgan fingerprint density at radius 1 is 1.27 bits per heavy atom. The van der Waals surface area contributed by atoms with E-state index in [9.17, 15) is 5.11 Å². The Morgan fingerprint density at radius 3 is 2.80 bits per heavy atom. The van der Waals surface area contributed by atoms with Gasteiger partial charge in [0.1, 0.15) is 0 Å². The molecule has 1 N–H and O–H groups in total. The van der Waals surface area contributed by atoms with Gasteiger partial charge in [-0.25, -0.2) is 0 Å². The molecule has 78 valence electrons. The van der Waals surface area contributed by atoms with Crippen molar-refractivity contribution in [3.05, 3.63) is 42.1 Å². The van der Waals surface area contributed by atoms with Crippen LogP contribution in [0.4, 0.5) is 0 Å². The van der Waals surface area contributed by atoms with Gasteiger partial charge < -0.3 is 5.11 Å². The number of aliphatic hydroxyl groups is 1. The number of pyridine rings is 1. The first-order chi connectivity index (χ1) is 7.15. The van der Waals surface area contributed by atoms with E-state index >= 15 is 0 Å². The van der Waals surface area contributed by atoms with Crippen LogP contribution < -0.4 is 0 Å². The van der Waals surface area contributed by atoms with E-state index in [0.29, 0.717) is 6.42 Å². The van der Waals surface area contributed by atoms with Gasteiger partial charge in [0.2, 0.25) is 0 Å². The number of hydrogen-bond donors (Lipinski definition) is 1. The number of fused-ring (bicyclic) bond motifs is 1. The fourth-order valence-corrected chi connectivity index (χ4v) is 1.76. The van der Waals surface area contributed by atoms with E-state index in [2.05, 4.69) is 4.98 Å². The topological polar surface area (TPSA) is 33.1 Å². The molecule has 0 saturated carbocycles. The molecule has 0 radical (unpaired) electrons. The Kier molecular flexibility index (Phi) is 2.45. The normalized spacial score (nSPS) is 15.1. The molecular formula is C13H15NO. The Bertz CT molecular complexity index is 471. The molecule has 0 bridgehead atoms. The summed E-state index contributed by atoms with van der Waals surface area (Å²) in [6.07, 6.45) is 2.47. The van der Waals surface area contributed by atoms with Gasteiger partial charge in [-0.2, -0.15) is 0 Å². The summed E-state index contributed by atoms with van der Waals surface area (Å²) in [5.41, 5.74) is 1.11. The van der Waals surface area contributed by atoms with Crippen LogP contribution in [-0.2, 0) is 5.60 Å². The molecule has 0 aliphatic heterocycles. The monoisotopic (exact) mass is 201 g/mol. The average Bonchev–Trinajstić information content (AvgIpc) is 2.28. The van der Waals surface area contributed by atoms with Gasteiger partial charge in [-0.15, -0.1) is 0 Å². The third kappa shape index (κ3) is 1.73. The van der Waals surface area contributed by atoms with Crippen LogP contribution in [0.3, 0.4) is 0 Å². The van der Waals surface area contributed by atoms with Crippen LogP contribution in [0, 0.1) is 0 Å². The number of hydrogen-bond acceptors (Lipinski definition) is 2. The molecule has 2 aromatic rings. The van der Waals surface area contributed by atoms with Gasteiger partial charge in [0.05, 0.1) is 11.1 Å². The molecule has 0 amide bonds. The fraction of sp³-hybridized carbons (Fsp3) is 0.308. The number of nitrogens with zero attached hydrogens (tertiary/aromatic N) is 1. The largest absolute Gasteiger partial charge is 0.385 e. The van der Waals surface area contributed by atoms with E-state index in [1.165, 1.54) is 0 Å². The fourth-order valence-electron chi connectivity index (χ4n) is 1.76. The summed E-state index contributed by atoms with van der Waals surface area (Å²) >= 11 is 0. The molecular weight excluding hydrogens is 186 g/mol. The molecule has 0 spiro atoms. The molecule has 0 aliphatic rings. The van der Waals surface area contributed by atoms with Crippen molar-refractivity contribution < 1.29 is 5.11 Å². The Morgan fingerprint density at radius 2 is 2.07 bits per heavy atom. The minimum atomic E-state index is -0.775. The number of rotatable bonds is 2. The molecule has 2 rings (SSSR count). The van der Waals surface area contributed by atoms with E-state index < -0.39 is 5.60 Å². The first kappa shape index (κ1) is 10.1. The summed E-state index contributed by atoms with van der Waals surface area (Å²) in [5.74, 6) is 0. The zero-order chi connectivity index (χ0) is 10.9. The third-order valence-corrected chi connectivity index (χ3v) is 2.91. The van der Waals surface area contributed by atoms with Crippen LogP contribution in [0.15, 0.2) is 36.5 Å². The lowest BCUT2D eigenvalue weighted by molar-refractivity contribution is 0.0546. The predicted octanol–water partition coefficient (Wildman–Crippen LogP) is 2.85. The summed E-state index contributed by atoms with van der Waals surface area (Å²) in [4.78, 5) is 4.28. The van der Waals surface area contributed by atoms with Crippen molar-refractivity contribution >= 4 is 10.9 Å². The number of benzene rings is 1. The highest BCUT2D eigenvalue weighted by molar-refractivity contribution is 5.82. The molecule has 1 unspecified atom stereocenters. The van der Waals surface area contributed by atoms with Gasteiger partial charge >= 0.3 is 0 Å². The van der Waals surface area contributed by atoms with Crippen molar-refractivity contribution in [3.8, 4) is 0 Å². The van der Waals surface area contributed by atoms with Crippen LogP contribution in [-0.4, -0.2) is 10.1 Å². The molecule has 0 aliphatic carbocycles. The summed E-state index contributed by atoms with van der Waals surface area (Å²) < 4.78 is 0.